The van der Waals surface area contributed by atoms with Crippen molar-refractivity contribution in [3.05, 3.63) is 53.5 Å². The molecule has 0 aliphatic heterocycles. The van der Waals surface area contributed by atoms with Gasteiger partial charge in [0.05, 0.1) is 11.9 Å². The van der Waals surface area contributed by atoms with Crippen molar-refractivity contribution in [2.75, 3.05) is 0 Å². The van der Waals surface area contributed by atoms with E-state index in [-0.39, 0.29) is 0 Å². The highest BCUT2D eigenvalue weighted by Gasteiger charge is 2.30. The van der Waals surface area contributed by atoms with Gasteiger partial charge >= 0.3 is 0 Å². The maximum absolute atomic E-state index is 5.39. The fraction of sp³-hybridized carbons (Fsp3) is 0.316. The number of hydrogen-bond acceptors (Lipinski definition) is 1. The predicted molar refractivity (Wildman–Crippen MR) is 84.7 cm³/mol. The maximum atomic E-state index is 5.39. The van der Waals surface area contributed by atoms with E-state index < -0.39 is 0 Å². The minimum absolute atomic E-state index is 0.472. The Morgan fingerprint density at radius 2 is 1.95 bits per heavy atom. The molecule has 21 heavy (non-hydrogen) atoms. The lowest BCUT2D eigenvalue weighted by molar-refractivity contribution is 0.740. The Kier molecular flexibility index (Phi) is 2.93. The van der Waals surface area contributed by atoms with Crippen molar-refractivity contribution in [3.8, 4) is 23.6 Å². The molecule has 2 aromatic rings. The van der Waals surface area contributed by atoms with Gasteiger partial charge in [-0.05, 0) is 49.3 Å². The zero-order valence-electron chi connectivity index (χ0n) is 12.0. The van der Waals surface area contributed by atoms with Crippen LogP contribution in [0.2, 0.25) is 0 Å². The number of H-pyrrole nitrogens is 1. The van der Waals surface area contributed by atoms with Crippen LogP contribution < -0.4 is 0 Å². The number of imidazole rings is 1. The number of aromatic amines is 1. The normalized spacial score (nSPS) is 21.1. The smallest absolute Gasteiger partial charge is 0.113 e. The van der Waals surface area contributed by atoms with Crippen LogP contribution in [0, 0.1) is 18.3 Å². The molecule has 0 radical (unpaired) electrons. The van der Waals surface area contributed by atoms with Crippen LogP contribution in [-0.2, 0) is 0 Å². The van der Waals surface area contributed by atoms with E-state index in [4.69, 9.17) is 6.42 Å². The van der Waals surface area contributed by atoms with Crippen molar-refractivity contribution in [1.29, 1.82) is 0 Å². The minimum atomic E-state index is 0.472. The second-order valence-corrected chi connectivity index (χ2v) is 6.06. The monoisotopic (exact) mass is 274 g/mol. The number of rotatable bonds is 3. The summed E-state index contributed by atoms with van der Waals surface area (Å²) in [6.45, 7) is 0. The van der Waals surface area contributed by atoms with Gasteiger partial charge in [0.2, 0.25) is 0 Å². The molecule has 2 aliphatic carbocycles. The SMILES string of the molecule is C#Cc1ccc(-c2cnc([C@@H]3C=C(C4CC4)CC3)[nH]2)cc1. The summed E-state index contributed by atoms with van der Waals surface area (Å²) >= 11 is 0. The molecular formula is C19H18N2. The minimum Gasteiger partial charge on any atom is -0.342 e. The third kappa shape index (κ3) is 2.40. The quantitative estimate of drug-likeness (QED) is 0.657. The van der Waals surface area contributed by atoms with Gasteiger partial charge in [0, 0.05) is 11.5 Å². The maximum Gasteiger partial charge on any atom is 0.113 e. The Hall–Kier alpha value is -2.27. The van der Waals surface area contributed by atoms with Crippen molar-refractivity contribution in [1.82, 2.24) is 9.97 Å². The summed E-state index contributed by atoms with van der Waals surface area (Å²) < 4.78 is 0. The van der Waals surface area contributed by atoms with Crippen LogP contribution in [-0.4, -0.2) is 9.97 Å². The lowest BCUT2D eigenvalue weighted by Gasteiger charge is -2.02. The van der Waals surface area contributed by atoms with E-state index in [1.165, 1.54) is 25.7 Å². The molecule has 0 amide bonds. The lowest BCUT2D eigenvalue weighted by Crippen LogP contribution is -1.93. The van der Waals surface area contributed by atoms with E-state index >= 15 is 0 Å². The van der Waals surface area contributed by atoms with E-state index in [1.807, 2.05) is 30.5 Å². The number of aromatic nitrogens is 2. The third-order valence-electron chi connectivity index (χ3n) is 4.57. The summed E-state index contributed by atoms with van der Waals surface area (Å²) in [4.78, 5) is 8.07. The van der Waals surface area contributed by atoms with E-state index in [0.717, 1.165) is 28.6 Å². The summed E-state index contributed by atoms with van der Waals surface area (Å²) in [6, 6.07) is 8.03. The molecule has 1 saturated carbocycles. The highest BCUT2D eigenvalue weighted by Crippen LogP contribution is 2.44. The highest BCUT2D eigenvalue weighted by molar-refractivity contribution is 5.60. The molecule has 0 unspecified atom stereocenters. The van der Waals surface area contributed by atoms with Crippen LogP contribution in [0.25, 0.3) is 11.3 Å². The Morgan fingerprint density at radius 3 is 2.67 bits per heavy atom. The molecule has 1 aromatic heterocycles. The molecule has 1 atom stereocenters. The van der Waals surface area contributed by atoms with Crippen LogP contribution in [0.15, 0.2) is 42.1 Å². The second-order valence-electron chi connectivity index (χ2n) is 6.06. The molecule has 2 aliphatic rings. The topological polar surface area (TPSA) is 28.7 Å². The molecule has 2 nitrogen and oxygen atoms in total. The number of benzene rings is 1. The standard InChI is InChI=1S/C19H18N2/c1-2-13-3-5-15(6-4-13)18-12-20-19(21-18)17-10-9-16(11-17)14-7-8-14/h1,3-6,11-12,14,17H,7-10H2,(H,20,21)/t17-/m0/s1. The molecule has 104 valence electrons. The van der Waals surface area contributed by atoms with Gasteiger partial charge in [-0.3, -0.25) is 0 Å². The zero-order valence-corrected chi connectivity index (χ0v) is 12.0. The van der Waals surface area contributed by atoms with Crippen molar-refractivity contribution < 1.29 is 0 Å². The van der Waals surface area contributed by atoms with E-state index in [2.05, 4.69) is 22.0 Å². The molecule has 2 heteroatoms. The average Bonchev–Trinajstić information content (AvgIpc) is 3.07. The molecule has 0 bridgehead atoms. The summed E-state index contributed by atoms with van der Waals surface area (Å²) in [5.41, 5.74) is 4.78. The number of nitrogens with zero attached hydrogens (tertiary/aromatic N) is 1. The molecule has 0 saturated heterocycles. The van der Waals surface area contributed by atoms with E-state index in [1.54, 1.807) is 5.57 Å². The molecular weight excluding hydrogens is 256 g/mol. The average molecular weight is 274 g/mol. The van der Waals surface area contributed by atoms with Gasteiger partial charge < -0.3 is 4.98 Å². The van der Waals surface area contributed by atoms with Gasteiger partial charge in [-0.15, -0.1) is 6.42 Å². The Labute approximate surface area is 125 Å². The first-order valence-electron chi connectivity index (χ1n) is 7.66. The van der Waals surface area contributed by atoms with Crippen molar-refractivity contribution in [2.24, 2.45) is 5.92 Å². The first kappa shape index (κ1) is 12.5. The fourth-order valence-electron chi connectivity index (χ4n) is 3.18. The van der Waals surface area contributed by atoms with Crippen molar-refractivity contribution >= 4 is 0 Å². The van der Waals surface area contributed by atoms with E-state index in [9.17, 15) is 0 Å². The first-order chi connectivity index (χ1) is 10.3. The molecule has 4 rings (SSSR count). The highest BCUT2D eigenvalue weighted by atomic mass is 14.9. The summed E-state index contributed by atoms with van der Waals surface area (Å²) in [5.74, 6) is 5.10. The molecule has 0 spiro atoms. The van der Waals surface area contributed by atoms with E-state index in [0.29, 0.717) is 5.92 Å². The van der Waals surface area contributed by atoms with Gasteiger partial charge in [-0.1, -0.05) is 29.7 Å². The summed E-state index contributed by atoms with van der Waals surface area (Å²) in [5, 5.41) is 0. The fourth-order valence-corrected chi connectivity index (χ4v) is 3.18. The van der Waals surface area contributed by atoms with Gasteiger partial charge in [-0.2, -0.15) is 0 Å². The molecule has 1 N–H and O–H groups in total. The summed E-state index contributed by atoms with van der Waals surface area (Å²) in [7, 11) is 0. The second kappa shape index (κ2) is 4.93. The van der Waals surface area contributed by atoms with Gasteiger partial charge in [-0.25, -0.2) is 4.98 Å². The number of allylic oxidation sites excluding steroid dienone is 2. The first-order valence-corrected chi connectivity index (χ1v) is 7.66. The Morgan fingerprint density at radius 1 is 1.14 bits per heavy atom. The zero-order chi connectivity index (χ0) is 14.2. The van der Waals surface area contributed by atoms with Gasteiger partial charge in [0.15, 0.2) is 0 Å². The largest absolute Gasteiger partial charge is 0.342 e. The van der Waals surface area contributed by atoms with Crippen LogP contribution in [0.4, 0.5) is 0 Å². The van der Waals surface area contributed by atoms with Crippen molar-refractivity contribution in [3.63, 3.8) is 0 Å². The molecule has 1 heterocycles. The third-order valence-corrected chi connectivity index (χ3v) is 4.57. The van der Waals surface area contributed by atoms with Gasteiger partial charge in [0.25, 0.3) is 0 Å². The van der Waals surface area contributed by atoms with Crippen LogP contribution >= 0.6 is 0 Å². The number of hydrogen-bond donors (Lipinski definition) is 1. The molecule has 1 fully saturated rings. The van der Waals surface area contributed by atoms with Crippen LogP contribution in [0.5, 0.6) is 0 Å². The number of nitrogens with one attached hydrogen (secondary N) is 1. The van der Waals surface area contributed by atoms with Crippen LogP contribution in [0.3, 0.4) is 0 Å². The number of terminal acetylenes is 1. The Balaban J connectivity index is 1.56. The van der Waals surface area contributed by atoms with Gasteiger partial charge in [0.1, 0.15) is 5.82 Å². The van der Waals surface area contributed by atoms with Crippen molar-refractivity contribution in [2.45, 2.75) is 31.6 Å². The predicted octanol–water partition coefficient (Wildman–Crippen LogP) is 4.27. The lowest BCUT2D eigenvalue weighted by atomic mass is 10.1. The summed E-state index contributed by atoms with van der Waals surface area (Å²) in [6.07, 6.45) is 15.0. The van der Waals surface area contributed by atoms with Crippen LogP contribution in [0.1, 0.15) is 43.0 Å². The Bertz CT molecular complexity index is 724. The molecule has 1 aromatic carbocycles.